The Morgan fingerprint density at radius 3 is 2.81 bits per heavy atom. The van der Waals surface area contributed by atoms with E-state index in [1.807, 2.05) is 12.1 Å². The van der Waals surface area contributed by atoms with Crippen molar-refractivity contribution in [2.24, 2.45) is 10.9 Å². The maximum absolute atomic E-state index is 13.5. The Kier molecular flexibility index (Phi) is 5.85. The van der Waals surface area contributed by atoms with Crippen LogP contribution in [-0.4, -0.2) is 39.5 Å². The zero-order valence-electron chi connectivity index (χ0n) is 18.8. The van der Waals surface area contributed by atoms with Gasteiger partial charge in [-0.2, -0.15) is 18.3 Å². The molecular weight excluding hydrogens is 511 g/mol. The van der Waals surface area contributed by atoms with E-state index in [4.69, 9.17) is 11.6 Å². The predicted molar refractivity (Wildman–Crippen MR) is 135 cm³/mol. The Hall–Kier alpha value is -2.82. The highest BCUT2D eigenvalue weighted by molar-refractivity contribution is 8.18. The van der Waals surface area contributed by atoms with Gasteiger partial charge in [0.1, 0.15) is 0 Å². The van der Waals surface area contributed by atoms with Crippen molar-refractivity contribution in [1.82, 2.24) is 20.4 Å². The van der Waals surface area contributed by atoms with Gasteiger partial charge in [0.15, 0.2) is 5.17 Å². The van der Waals surface area contributed by atoms with Crippen LogP contribution in [0.1, 0.15) is 29.5 Å². The molecule has 6 nitrogen and oxygen atoms in total. The monoisotopic (exact) mass is 531 g/mol. The first-order valence-corrected chi connectivity index (χ1v) is 12.7. The van der Waals surface area contributed by atoms with Crippen molar-refractivity contribution in [2.75, 3.05) is 6.54 Å². The molecule has 4 heterocycles. The Morgan fingerprint density at radius 2 is 2.06 bits per heavy atom. The summed E-state index contributed by atoms with van der Waals surface area (Å²) < 4.78 is 42.0. The first-order valence-electron chi connectivity index (χ1n) is 11.6. The molecule has 2 bridgehead atoms. The number of hydrogen-bond donors (Lipinski definition) is 2. The number of thioether (sulfide) groups is 1. The summed E-state index contributed by atoms with van der Waals surface area (Å²) in [7, 11) is 0. The lowest BCUT2D eigenvalue weighted by atomic mass is 9.83. The van der Waals surface area contributed by atoms with E-state index in [9.17, 15) is 18.0 Å². The molecule has 1 unspecified atom stereocenters. The smallest absolute Gasteiger partial charge is 0.309 e. The second-order valence-electron chi connectivity index (χ2n) is 9.33. The summed E-state index contributed by atoms with van der Waals surface area (Å²) in [6.07, 6.45) is 1.32. The van der Waals surface area contributed by atoms with Crippen LogP contribution < -0.4 is 10.6 Å². The van der Waals surface area contributed by atoms with Gasteiger partial charge >= 0.3 is 6.18 Å². The van der Waals surface area contributed by atoms with E-state index >= 15 is 0 Å². The van der Waals surface area contributed by atoms with Gasteiger partial charge in [0.2, 0.25) is 0 Å². The molecule has 1 amide bonds. The number of benzene rings is 2. The summed E-state index contributed by atoms with van der Waals surface area (Å²) in [6.45, 7) is 0.608. The zero-order valence-corrected chi connectivity index (χ0v) is 20.4. The van der Waals surface area contributed by atoms with Crippen LogP contribution in [0.25, 0.3) is 17.0 Å². The Labute approximate surface area is 214 Å². The number of fused-ring (bicyclic) bond motifs is 2. The van der Waals surface area contributed by atoms with Crippen molar-refractivity contribution in [2.45, 2.75) is 37.6 Å². The Morgan fingerprint density at radius 1 is 1.22 bits per heavy atom. The quantitative estimate of drug-likeness (QED) is 0.451. The van der Waals surface area contributed by atoms with E-state index in [1.165, 1.54) is 41.4 Å². The highest BCUT2D eigenvalue weighted by Crippen LogP contribution is 2.38. The molecule has 0 spiro atoms. The number of nitrogens with zero attached hydrogens (tertiary/aromatic N) is 3. The molecule has 2 aromatic carbocycles. The van der Waals surface area contributed by atoms with Gasteiger partial charge in [0.25, 0.3) is 5.91 Å². The summed E-state index contributed by atoms with van der Waals surface area (Å²) in [4.78, 5) is 17.6. The molecule has 1 saturated carbocycles. The molecule has 4 fully saturated rings. The van der Waals surface area contributed by atoms with E-state index in [1.54, 1.807) is 18.3 Å². The van der Waals surface area contributed by atoms with Crippen LogP contribution in [-0.2, 0) is 17.5 Å². The van der Waals surface area contributed by atoms with Crippen molar-refractivity contribution in [3.8, 4) is 0 Å². The fourth-order valence-electron chi connectivity index (χ4n) is 5.03. The van der Waals surface area contributed by atoms with Crippen LogP contribution in [0.4, 0.5) is 13.2 Å². The summed E-state index contributed by atoms with van der Waals surface area (Å²) in [5.74, 6) is 0.504. The van der Waals surface area contributed by atoms with Gasteiger partial charge in [0, 0.05) is 22.5 Å². The maximum Gasteiger partial charge on any atom is 0.416 e. The number of alkyl halides is 3. The van der Waals surface area contributed by atoms with Crippen molar-refractivity contribution < 1.29 is 18.0 Å². The van der Waals surface area contributed by atoms with E-state index in [0.717, 1.165) is 17.0 Å². The van der Waals surface area contributed by atoms with Crippen LogP contribution in [0, 0.1) is 5.92 Å². The standard InChI is InChI=1S/C25H21ClF3N5OS/c26-17-3-2-14(19(9-17)25(27,28)29)12-34-21-4-1-13(5-16(21)10-31-34)6-22-23(35)33-24(36-22)30-11-20-15-7-18(8-15)32-20/h1-6,9-10,15,18,20,32H,7-8,11-12H2,(H,30,33,35). The molecule has 1 aliphatic carbocycles. The summed E-state index contributed by atoms with van der Waals surface area (Å²) in [6, 6.07) is 10.3. The number of halogens is 4. The molecule has 186 valence electrons. The average Bonchev–Trinajstić information content (AvgIpc) is 3.57. The maximum atomic E-state index is 13.5. The van der Waals surface area contributed by atoms with Gasteiger partial charge in [0.05, 0.1) is 35.3 Å². The molecule has 36 heavy (non-hydrogen) atoms. The number of hydrogen-bond acceptors (Lipinski definition) is 5. The molecule has 7 rings (SSSR count). The molecular formula is C25H21ClF3N5OS. The lowest BCUT2D eigenvalue weighted by Gasteiger charge is -2.21. The van der Waals surface area contributed by atoms with Crippen molar-refractivity contribution in [3.63, 3.8) is 0 Å². The van der Waals surface area contributed by atoms with Gasteiger partial charge in [-0.25, -0.2) is 0 Å². The molecule has 3 aromatic rings. The lowest BCUT2D eigenvalue weighted by Crippen LogP contribution is -2.27. The van der Waals surface area contributed by atoms with Crippen LogP contribution in [0.3, 0.4) is 0 Å². The molecule has 11 heteroatoms. The second kappa shape index (κ2) is 8.93. The number of aliphatic imine (C=N–C) groups is 1. The number of aromatic nitrogens is 2. The minimum Gasteiger partial charge on any atom is -0.309 e. The largest absolute Gasteiger partial charge is 0.416 e. The first-order chi connectivity index (χ1) is 17.2. The highest BCUT2D eigenvalue weighted by Gasteiger charge is 2.43. The summed E-state index contributed by atoms with van der Waals surface area (Å²) in [5, 5.41) is 12.1. The van der Waals surface area contributed by atoms with E-state index in [-0.39, 0.29) is 23.0 Å². The second-order valence-corrected chi connectivity index (χ2v) is 10.8. The van der Waals surface area contributed by atoms with Gasteiger partial charge in [-0.1, -0.05) is 23.7 Å². The predicted octanol–water partition coefficient (Wildman–Crippen LogP) is 5.07. The number of amides is 1. The number of carbonyl (C=O) groups is 1. The van der Waals surface area contributed by atoms with Crippen LogP contribution in [0.5, 0.6) is 0 Å². The first kappa shape index (κ1) is 23.6. The molecule has 3 saturated heterocycles. The third kappa shape index (κ3) is 4.53. The van der Waals surface area contributed by atoms with Crippen LogP contribution in [0.2, 0.25) is 5.02 Å². The number of carbonyl (C=O) groups excluding carboxylic acids is 1. The SMILES string of the molecule is O=C1NC(=NCC2NC3CC2C3)SC1=Cc1ccc2c(cnn2Cc2ccc(Cl)cc2C(F)(F)F)c1. The Bertz CT molecular complexity index is 1430. The third-order valence-corrected chi connectivity index (χ3v) is 8.12. The number of nitrogens with one attached hydrogen (secondary N) is 2. The summed E-state index contributed by atoms with van der Waals surface area (Å²) >= 11 is 7.11. The highest BCUT2D eigenvalue weighted by atomic mass is 35.5. The van der Waals surface area contributed by atoms with E-state index in [2.05, 4.69) is 20.7 Å². The third-order valence-electron chi connectivity index (χ3n) is 6.94. The normalized spacial score (nSPS) is 25.7. The molecule has 1 aromatic heterocycles. The molecule has 3 aliphatic heterocycles. The van der Waals surface area contributed by atoms with Crippen molar-refractivity contribution in [3.05, 3.63) is 69.2 Å². The summed E-state index contributed by atoms with van der Waals surface area (Å²) in [5.41, 5.74) is 0.788. The van der Waals surface area contributed by atoms with Gasteiger partial charge in [-0.05, 0) is 72.0 Å². The topological polar surface area (TPSA) is 71.3 Å². The number of rotatable bonds is 5. The molecule has 2 N–H and O–H groups in total. The Balaban J connectivity index is 1.19. The zero-order chi connectivity index (χ0) is 25.0. The minimum absolute atomic E-state index is 0.0304. The van der Waals surface area contributed by atoms with E-state index < -0.39 is 11.7 Å². The molecule has 4 aliphatic rings. The van der Waals surface area contributed by atoms with Gasteiger partial charge < -0.3 is 10.6 Å². The minimum atomic E-state index is -4.52. The van der Waals surface area contributed by atoms with Crippen molar-refractivity contribution in [1.29, 1.82) is 0 Å². The average molecular weight is 532 g/mol. The lowest BCUT2D eigenvalue weighted by molar-refractivity contribution is -0.138. The van der Waals surface area contributed by atoms with Crippen molar-refractivity contribution >= 4 is 51.4 Å². The fraction of sp³-hybridized carbons (Fsp3) is 0.320. The van der Waals surface area contributed by atoms with E-state index in [0.29, 0.717) is 40.1 Å². The van der Waals surface area contributed by atoms with Gasteiger partial charge in [-0.3, -0.25) is 14.5 Å². The van der Waals surface area contributed by atoms with Crippen LogP contribution in [0.15, 0.2) is 52.5 Å². The molecule has 0 radical (unpaired) electrons. The fourth-order valence-corrected chi connectivity index (χ4v) is 6.04. The van der Waals surface area contributed by atoms with Gasteiger partial charge in [-0.15, -0.1) is 0 Å². The number of amidine groups is 1. The molecule has 1 atom stereocenters. The van der Waals surface area contributed by atoms with Crippen LogP contribution >= 0.6 is 23.4 Å².